The van der Waals surface area contributed by atoms with Gasteiger partial charge >= 0.3 is 0 Å². The minimum Gasteiger partial charge on any atom is -0.490 e. The average Bonchev–Trinajstić information content (AvgIpc) is 2.65. The Bertz CT molecular complexity index is 494. The predicted molar refractivity (Wildman–Crippen MR) is 84.9 cm³/mol. The predicted octanol–water partition coefficient (Wildman–Crippen LogP) is 4.94. The molecular weight excluding hydrogens is 260 g/mol. The van der Waals surface area contributed by atoms with Crippen molar-refractivity contribution < 1.29 is 9.53 Å². The van der Waals surface area contributed by atoms with Gasteiger partial charge in [0.05, 0.1) is 0 Å². The van der Waals surface area contributed by atoms with Crippen LogP contribution in [0.15, 0.2) is 18.2 Å². The van der Waals surface area contributed by atoms with Crippen molar-refractivity contribution in [2.45, 2.75) is 64.4 Å². The number of benzene rings is 1. The molecule has 3 unspecified atom stereocenters. The van der Waals surface area contributed by atoms with Gasteiger partial charge in [0.2, 0.25) is 0 Å². The zero-order valence-electron chi connectivity index (χ0n) is 13.0. The van der Waals surface area contributed by atoms with Crippen molar-refractivity contribution >= 4 is 6.29 Å². The second kappa shape index (κ2) is 6.64. The zero-order valence-corrected chi connectivity index (χ0v) is 13.0. The molecule has 3 rings (SSSR count). The van der Waals surface area contributed by atoms with Crippen LogP contribution in [0.1, 0.15) is 67.3 Å². The van der Waals surface area contributed by atoms with Crippen LogP contribution in [0, 0.1) is 18.8 Å². The molecule has 0 N–H and O–H groups in total. The molecule has 1 aromatic carbocycles. The van der Waals surface area contributed by atoms with Crippen LogP contribution in [0.5, 0.6) is 5.75 Å². The number of aldehydes is 1. The molecule has 2 heteroatoms. The van der Waals surface area contributed by atoms with Gasteiger partial charge in [-0.3, -0.25) is 4.79 Å². The molecule has 2 saturated carbocycles. The van der Waals surface area contributed by atoms with Crippen molar-refractivity contribution in [3.05, 3.63) is 29.3 Å². The fourth-order valence-electron chi connectivity index (χ4n) is 4.09. The smallest absolute Gasteiger partial charge is 0.150 e. The maximum absolute atomic E-state index is 10.9. The molecule has 0 radical (unpaired) electrons. The maximum Gasteiger partial charge on any atom is 0.150 e. The summed E-state index contributed by atoms with van der Waals surface area (Å²) in [6, 6.07) is 5.85. The van der Waals surface area contributed by atoms with Crippen LogP contribution in [-0.2, 0) is 0 Å². The molecule has 0 spiro atoms. The molecule has 2 aliphatic carbocycles. The molecule has 1 aromatic rings. The lowest BCUT2D eigenvalue weighted by Gasteiger charge is -2.29. The fraction of sp³-hybridized carbons (Fsp3) is 0.632. The quantitative estimate of drug-likeness (QED) is 0.736. The summed E-state index contributed by atoms with van der Waals surface area (Å²) in [5.41, 5.74) is 1.77. The van der Waals surface area contributed by atoms with E-state index in [0.717, 1.165) is 35.0 Å². The molecule has 0 heterocycles. The molecule has 21 heavy (non-hydrogen) atoms. The lowest BCUT2D eigenvalue weighted by atomic mass is 9.85. The van der Waals surface area contributed by atoms with E-state index in [1.54, 1.807) is 0 Å². The number of hydrogen-bond donors (Lipinski definition) is 0. The summed E-state index contributed by atoms with van der Waals surface area (Å²) in [5, 5.41) is 0. The van der Waals surface area contributed by atoms with E-state index in [-0.39, 0.29) is 0 Å². The normalized spacial score (nSPS) is 29.3. The number of aryl methyl sites for hydroxylation is 1. The van der Waals surface area contributed by atoms with Gasteiger partial charge in [0, 0.05) is 5.56 Å². The highest BCUT2D eigenvalue weighted by atomic mass is 16.5. The van der Waals surface area contributed by atoms with Gasteiger partial charge < -0.3 is 4.74 Å². The third kappa shape index (κ3) is 3.48. The molecule has 114 valence electrons. The first-order valence-corrected chi connectivity index (χ1v) is 8.49. The van der Waals surface area contributed by atoms with Crippen LogP contribution in [0.3, 0.4) is 0 Å². The molecule has 2 bridgehead atoms. The summed E-state index contributed by atoms with van der Waals surface area (Å²) in [6.45, 7) is 1.98. The summed E-state index contributed by atoms with van der Waals surface area (Å²) in [7, 11) is 0. The third-order valence-corrected chi connectivity index (χ3v) is 5.42. The van der Waals surface area contributed by atoms with Crippen molar-refractivity contribution in [3.8, 4) is 5.75 Å². The van der Waals surface area contributed by atoms with Gasteiger partial charge in [-0.1, -0.05) is 25.7 Å². The molecule has 0 aliphatic heterocycles. The second-order valence-corrected chi connectivity index (χ2v) is 6.86. The zero-order chi connectivity index (χ0) is 14.7. The molecule has 2 aliphatic rings. The van der Waals surface area contributed by atoms with Gasteiger partial charge in [0.15, 0.2) is 0 Å². The van der Waals surface area contributed by atoms with Gasteiger partial charge in [-0.2, -0.15) is 0 Å². The maximum atomic E-state index is 10.9. The third-order valence-electron chi connectivity index (χ3n) is 5.42. The van der Waals surface area contributed by atoms with E-state index in [9.17, 15) is 4.79 Å². The molecule has 0 amide bonds. The van der Waals surface area contributed by atoms with Crippen molar-refractivity contribution in [2.24, 2.45) is 11.8 Å². The Kier molecular flexibility index (Phi) is 4.62. The van der Waals surface area contributed by atoms with E-state index in [1.165, 1.54) is 51.4 Å². The highest BCUT2D eigenvalue weighted by Crippen LogP contribution is 2.37. The first-order chi connectivity index (χ1) is 10.3. The summed E-state index contributed by atoms with van der Waals surface area (Å²) in [5.74, 6) is 2.64. The number of rotatable bonds is 3. The van der Waals surface area contributed by atoms with Crippen LogP contribution < -0.4 is 4.74 Å². The van der Waals surface area contributed by atoms with E-state index < -0.39 is 0 Å². The van der Waals surface area contributed by atoms with E-state index in [1.807, 2.05) is 25.1 Å². The van der Waals surface area contributed by atoms with Crippen LogP contribution in [-0.4, -0.2) is 12.4 Å². The minimum absolute atomic E-state index is 0.366. The highest BCUT2D eigenvalue weighted by Gasteiger charge is 2.29. The minimum atomic E-state index is 0.366. The number of fused-ring (bicyclic) bond motifs is 3. The summed E-state index contributed by atoms with van der Waals surface area (Å²) >= 11 is 0. The second-order valence-electron chi connectivity index (χ2n) is 6.86. The fourth-order valence-corrected chi connectivity index (χ4v) is 4.09. The largest absolute Gasteiger partial charge is 0.490 e. The van der Waals surface area contributed by atoms with Crippen molar-refractivity contribution in [2.75, 3.05) is 0 Å². The van der Waals surface area contributed by atoms with Crippen LogP contribution in [0.4, 0.5) is 0 Å². The first kappa shape index (κ1) is 14.6. The lowest BCUT2D eigenvalue weighted by molar-refractivity contribution is 0.103. The Morgan fingerprint density at radius 2 is 1.86 bits per heavy atom. The van der Waals surface area contributed by atoms with E-state index in [4.69, 9.17) is 4.74 Å². The standard InChI is InChI=1S/C19H26O2/c1-14-12-18(11-10-17(14)13-20)21-19-7-3-5-15-4-2-6-16(19)9-8-15/h10-13,15-16,19H,2-9H2,1H3. The number of carbonyl (C=O) groups is 1. The van der Waals surface area contributed by atoms with E-state index >= 15 is 0 Å². The summed E-state index contributed by atoms with van der Waals surface area (Å²) < 4.78 is 6.34. The van der Waals surface area contributed by atoms with E-state index in [2.05, 4.69) is 0 Å². The Labute approximate surface area is 127 Å². The van der Waals surface area contributed by atoms with Gasteiger partial charge in [-0.05, 0) is 68.2 Å². The molecular formula is C19H26O2. The monoisotopic (exact) mass is 286 g/mol. The van der Waals surface area contributed by atoms with Gasteiger partial charge in [-0.15, -0.1) is 0 Å². The van der Waals surface area contributed by atoms with Crippen molar-refractivity contribution in [3.63, 3.8) is 0 Å². The van der Waals surface area contributed by atoms with Gasteiger partial charge in [0.25, 0.3) is 0 Å². The van der Waals surface area contributed by atoms with Crippen LogP contribution in [0.25, 0.3) is 0 Å². The topological polar surface area (TPSA) is 26.3 Å². The molecule has 0 aromatic heterocycles. The highest BCUT2D eigenvalue weighted by molar-refractivity contribution is 5.77. The lowest BCUT2D eigenvalue weighted by Crippen LogP contribution is -2.28. The molecule has 0 saturated heterocycles. The average molecular weight is 286 g/mol. The van der Waals surface area contributed by atoms with Gasteiger partial charge in [0.1, 0.15) is 18.1 Å². The molecule has 2 fully saturated rings. The Hall–Kier alpha value is -1.31. The Morgan fingerprint density at radius 3 is 2.62 bits per heavy atom. The van der Waals surface area contributed by atoms with Crippen LogP contribution in [0.2, 0.25) is 0 Å². The Balaban J connectivity index is 1.73. The van der Waals surface area contributed by atoms with Crippen LogP contribution >= 0.6 is 0 Å². The number of carbonyl (C=O) groups excluding carboxylic acids is 1. The Morgan fingerprint density at radius 1 is 1.05 bits per heavy atom. The number of ether oxygens (including phenoxy) is 1. The van der Waals surface area contributed by atoms with Gasteiger partial charge in [-0.25, -0.2) is 0 Å². The summed E-state index contributed by atoms with van der Waals surface area (Å²) in [6.07, 6.45) is 12.0. The van der Waals surface area contributed by atoms with E-state index in [0.29, 0.717) is 6.10 Å². The molecule has 2 nitrogen and oxygen atoms in total. The molecule has 3 atom stereocenters. The van der Waals surface area contributed by atoms with Crippen molar-refractivity contribution in [1.29, 1.82) is 0 Å². The SMILES string of the molecule is Cc1cc(OC2CCCC3CCCC2CC3)ccc1C=O. The van der Waals surface area contributed by atoms with Crippen molar-refractivity contribution in [1.82, 2.24) is 0 Å². The summed E-state index contributed by atoms with van der Waals surface area (Å²) in [4.78, 5) is 10.9. The first-order valence-electron chi connectivity index (χ1n) is 8.49. The number of hydrogen-bond acceptors (Lipinski definition) is 2.